The molecule has 184 valence electrons. The number of rotatable bonds is 6. The highest BCUT2D eigenvalue weighted by atomic mass is 35.5. The number of sulfonamides is 1. The average molecular weight is 534 g/mol. The normalized spacial score (nSPS) is 15.8. The predicted molar refractivity (Wildman–Crippen MR) is 135 cm³/mol. The van der Waals surface area contributed by atoms with Gasteiger partial charge in [-0.05, 0) is 49.2 Å². The lowest BCUT2D eigenvalue weighted by atomic mass is 9.98. The number of carbonyl (C=O) groups excluding carboxylic acids is 1. The van der Waals surface area contributed by atoms with Crippen LogP contribution in [0.4, 0.5) is 0 Å². The number of methoxy groups -OCH3 is 2. The van der Waals surface area contributed by atoms with Crippen molar-refractivity contribution in [3.8, 4) is 23.8 Å². The molecule has 4 rings (SSSR count). The van der Waals surface area contributed by atoms with Crippen LogP contribution in [0.15, 0.2) is 46.3 Å². The van der Waals surface area contributed by atoms with E-state index in [1.165, 1.54) is 27.8 Å². The van der Waals surface area contributed by atoms with E-state index in [9.17, 15) is 13.2 Å². The quantitative estimate of drug-likeness (QED) is 0.452. The van der Waals surface area contributed by atoms with Crippen LogP contribution in [0.1, 0.15) is 12.8 Å². The van der Waals surface area contributed by atoms with Crippen molar-refractivity contribution < 1.29 is 22.7 Å². The number of halogens is 1. The fourth-order valence-corrected chi connectivity index (χ4v) is 6.80. The molecule has 1 fully saturated rings. The van der Waals surface area contributed by atoms with Gasteiger partial charge in [-0.15, -0.1) is 6.42 Å². The van der Waals surface area contributed by atoms with E-state index in [2.05, 4.69) is 10.9 Å². The van der Waals surface area contributed by atoms with E-state index in [0.717, 1.165) is 4.70 Å². The number of thiazole rings is 1. The Kier molecular flexibility index (Phi) is 7.52. The first kappa shape index (κ1) is 25.3. The minimum atomic E-state index is -3.65. The van der Waals surface area contributed by atoms with Crippen molar-refractivity contribution in [2.24, 2.45) is 10.9 Å². The zero-order chi connectivity index (χ0) is 25.2. The predicted octanol–water partition coefficient (Wildman–Crippen LogP) is 3.53. The second-order valence-corrected chi connectivity index (χ2v) is 11.3. The van der Waals surface area contributed by atoms with Crippen LogP contribution in [0.5, 0.6) is 11.5 Å². The van der Waals surface area contributed by atoms with Crippen molar-refractivity contribution in [2.45, 2.75) is 24.3 Å². The van der Waals surface area contributed by atoms with Crippen LogP contribution in [-0.4, -0.2) is 50.5 Å². The van der Waals surface area contributed by atoms with Gasteiger partial charge in [0.1, 0.15) is 21.7 Å². The molecule has 3 aromatic rings. The van der Waals surface area contributed by atoms with Crippen molar-refractivity contribution in [1.29, 1.82) is 0 Å². The van der Waals surface area contributed by atoms with Crippen LogP contribution < -0.4 is 14.3 Å². The van der Waals surface area contributed by atoms with Gasteiger partial charge in [0, 0.05) is 24.0 Å². The first-order valence-electron chi connectivity index (χ1n) is 10.8. The Morgan fingerprint density at radius 2 is 1.77 bits per heavy atom. The molecule has 2 heterocycles. The van der Waals surface area contributed by atoms with Gasteiger partial charge in [-0.2, -0.15) is 9.30 Å². The standard InChI is InChI=1S/C24H24ClN3O5S2/c1-4-13-28-21-19(32-2)9-10-20(33-3)22(21)34-24(28)26-23(29)16-11-14-27(15-12-16)35(30,31)18-7-5-17(25)6-8-18/h1,5-10,16H,11-15H2,2-3H3. The largest absolute Gasteiger partial charge is 0.495 e. The van der Waals surface area contributed by atoms with Crippen LogP contribution in [-0.2, 0) is 21.4 Å². The third kappa shape index (κ3) is 4.95. The van der Waals surface area contributed by atoms with Crippen LogP contribution in [0.2, 0.25) is 5.02 Å². The van der Waals surface area contributed by atoms with Crippen LogP contribution in [0.25, 0.3) is 10.2 Å². The van der Waals surface area contributed by atoms with E-state index in [0.29, 0.717) is 39.7 Å². The molecule has 1 amide bonds. The molecular weight excluding hydrogens is 510 g/mol. The highest BCUT2D eigenvalue weighted by Crippen LogP contribution is 2.35. The number of aromatic nitrogens is 1. The molecule has 1 aromatic heterocycles. The zero-order valence-electron chi connectivity index (χ0n) is 19.2. The van der Waals surface area contributed by atoms with Gasteiger partial charge in [-0.3, -0.25) is 4.79 Å². The van der Waals surface area contributed by atoms with Crippen molar-refractivity contribution in [2.75, 3.05) is 27.3 Å². The molecule has 0 unspecified atom stereocenters. The molecule has 0 spiro atoms. The molecule has 0 radical (unpaired) electrons. The van der Waals surface area contributed by atoms with Gasteiger partial charge in [-0.1, -0.05) is 28.9 Å². The molecule has 35 heavy (non-hydrogen) atoms. The van der Waals surface area contributed by atoms with Gasteiger partial charge >= 0.3 is 0 Å². The maximum Gasteiger partial charge on any atom is 0.251 e. The van der Waals surface area contributed by atoms with E-state index in [1.807, 2.05) is 0 Å². The second kappa shape index (κ2) is 10.4. The van der Waals surface area contributed by atoms with E-state index in [4.69, 9.17) is 27.5 Å². The number of nitrogens with zero attached hydrogens (tertiary/aromatic N) is 3. The Balaban J connectivity index is 1.60. The Morgan fingerprint density at radius 1 is 1.14 bits per heavy atom. The monoisotopic (exact) mass is 533 g/mol. The number of hydrogen-bond donors (Lipinski definition) is 0. The fourth-order valence-electron chi connectivity index (χ4n) is 4.06. The fraction of sp³-hybridized carbons (Fsp3) is 0.333. The summed E-state index contributed by atoms with van der Waals surface area (Å²) in [5.74, 6) is 3.14. The van der Waals surface area contributed by atoms with Crippen LogP contribution in [0.3, 0.4) is 0 Å². The zero-order valence-corrected chi connectivity index (χ0v) is 21.6. The third-order valence-corrected chi connectivity index (χ3v) is 9.16. The second-order valence-electron chi connectivity index (χ2n) is 7.91. The minimum absolute atomic E-state index is 0.180. The topological polar surface area (TPSA) is 90.2 Å². The molecule has 0 aliphatic carbocycles. The Hall–Kier alpha value is -2.84. The third-order valence-electron chi connectivity index (χ3n) is 5.90. The molecule has 0 N–H and O–H groups in total. The summed E-state index contributed by atoms with van der Waals surface area (Å²) >= 11 is 7.17. The number of carbonyl (C=O) groups is 1. The number of piperidine rings is 1. The lowest BCUT2D eigenvalue weighted by Gasteiger charge is -2.29. The number of terminal acetylenes is 1. The Bertz CT molecular complexity index is 1460. The summed E-state index contributed by atoms with van der Waals surface area (Å²) in [6.07, 6.45) is 6.35. The van der Waals surface area contributed by atoms with Crippen molar-refractivity contribution in [3.05, 3.63) is 46.2 Å². The van der Waals surface area contributed by atoms with Crippen molar-refractivity contribution in [3.63, 3.8) is 0 Å². The highest BCUT2D eigenvalue weighted by molar-refractivity contribution is 7.89. The Labute approximate surface area is 212 Å². The van der Waals surface area contributed by atoms with Gasteiger partial charge in [0.05, 0.1) is 25.7 Å². The first-order valence-corrected chi connectivity index (χ1v) is 13.5. The number of amides is 1. The number of ether oxygens (including phenoxy) is 2. The van der Waals surface area contributed by atoms with Gasteiger partial charge in [0.15, 0.2) is 4.80 Å². The lowest BCUT2D eigenvalue weighted by molar-refractivity contribution is -0.122. The summed E-state index contributed by atoms with van der Waals surface area (Å²) in [6.45, 7) is 0.665. The number of fused-ring (bicyclic) bond motifs is 1. The van der Waals surface area contributed by atoms with E-state index >= 15 is 0 Å². The molecule has 1 saturated heterocycles. The summed E-state index contributed by atoms with van der Waals surface area (Å²) in [5, 5.41) is 0.466. The maximum atomic E-state index is 13.1. The lowest BCUT2D eigenvalue weighted by Crippen LogP contribution is -2.40. The van der Waals surface area contributed by atoms with Crippen molar-refractivity contribution >= 4 is 49.1 Å². The molecule has 2 aromatic carbocycles. The average Bonchev–Trinajstić information content (AvgIpc) is 3.22. The van der Waals surface area contributed by atoms with Crippen molar-refractivity contribution in [1.82, 2.24) is 8.87 Å². The van der Waals surface area contributed by atoms with Gasteiger partial charge in [0.2, 0.25) is 10.0 Å². The SMILES string of the molecule is C#CCn1c(=NC(=O)C2CCN(S(=O)(=O)c3ccc(Cl)cc3)CC2)sc2c(OC)ccc(OC)c21. The van der Waals surface area contributed by atoms with Crippen LogP contribution >= 0.6 is 22.9 Å². The summed E-state index contributed by atoms with van der Waals surface area (Å²) in [6, 6.07) is 9.63. The van der Waals surface area contributed by atoms with E-state index in [1.54, 1.807) is 43.1 Å². The summed E-state index contributed by atoms with van der Waals surface area (Å²) in [7, 11) is -0.521. The van der Waals surface area contributed by atoms with Gasteiger partial charge < -0.3 is 14.0 Å². The van der Waals surface area contributed by atoms with Crippen LogP contribution in [0, 0.1) is 18.3 Å². The summed E-state index contributed by atoms with van der Waals surface area (Å²) in [5.41, 5.74) is 0.713. The number of hydrogen-bond acceptors (Lipinski definition) is 6. The van der Waals surface area contributed by atoms with Gasteiger partial charge in [0.25, 0.3) is 5.91 Å². The molecule has 0 atom stereocenters. The minimum Gasteiger partial charge on any atom is -0.495 e. The molecule has 0 bridgehead atoms. The molecule has 8 nitrogen and oxygen atoms in total. The molecule has 1 aliphatic rings. The maximum absolute atomic E-state index is 13.1. The Morgan fingerprint density at radius 3 is 2.37 bits per heavy atom. The highest BCUT2D eigenvalue weighted by Gasteiger charge is 2.32. The first-order chi connectivity index (χ1) is 16.8. The summed E-state index contributed by atoms with van der Waals surface area (Å²) < 4.78 is 40.8. The molecular formula is C24H24ClN3O5S2. The summed E-state index contributed by atoms with van der Waals surface area (Å²) in [4.78, 5) is 18.1. The molecule has 1 aliphatic heterocycles. The molecule has 0 saturated carbocycles. The van der Waals surface area contributed by atoms with E-state index < -0.39 is 10.0 Å². The molecule has 11 heteroatoms. The number of benzene rings is 2. The smallest absolute Gasteiger partial charge is 0.251 e. The van der Waals surface area contributed by atoms with Gasteiger partial charge in [-0.25, -0.2) is 8.42 Å². The van der Waals surface area contributed by atoms with E-state index in [-0.39, 0.29) is 36.4 Å².